The molecule has 0 radical (unpaired) electrons. The van der Waals surface area contributed by atoms with E-state index < -0.39 is 11.9 Å². The van der Waals surface area contributed by atoms with Gasteiger partial charge in [0.2, 0.25) is 0 Å². The second kappa shape index (κ2) is 9.01. The molecule has 3 heterocycles. The van der Waals surface area contributed by atoms with Gasteiger partial charge in [-0.05, 0) is 24.6 Å². The first-order valence-electron chi connectivity index (χ1n) is 9.17. The average Bonchev–Trinajstić information content (AvgIpc) is 3.14. The van der Waals surface area contributed by atoms with E-state index in [-0.39, 0.29) is 18.2 Å². The van der Waals surface area contributed by atoms with Crippen LogP contribution in [0.25, 0.3) is 0 Å². The van der Waals surface area contributed by atoms with E-state index in [2.05, 4.69) is 26.8 Å². The minimum atomic E-state index is -0.841. The molecule has 0 unspecified atom stereocenters. The summed E-state index contributed by atoms with van der Waals surface area (Å²) in [6, 6.07) is 2.62. The number of nitrogens with zero attached hydrogens (tertiary/aromatic N) is 3. The third-order valence-electron chi connectivity index (χ3n) is 4.31. The molecule has 0 aromatic carbocycles. The number of H-pyrrole nitrogens is 1. The summed E-state index contributed by atoms with van der Waals surface area (Å²) in [6.07, 6.45) is 11.1. The molecule has 0 saturated heterocycles. The van der Waals surface area contributed by atoms with Crippen molar-refractivity contribution in [3.8, 4) is 5.75 Å². The van der Waals surface area contributed by atoms with Crippen molar-refractivity contribution in [2.45, 2.75) is 19.4 Å². The molecule has 2 N–H and O–H groups in total. The number of imidazole rings is 1. The molecule has 2 aromatic heterocycles. The maximum atomic E-state index is 12.7. The molecule has 1 aliphatic rings. The van der Waals surface area contributed by atoms with Gasteiger partial charge in [0.1, 0.15) is 24.2 Å². The molecule has 8 heteroatoms. The fraction of sp³-hybridized carbons (Fsp3) is 0.238. The highest BCUT2D eigenvalue weighted by Crippen LogP contribution is 2.27. The van der Waals surface area contributed by atoms with Crippen molar-refractivity contribution in [2.75, 3.05) is 18.6 Å². The molecular formula is C21H23N5O3. The molecule has 0 bridgehead atoms. The number of carbonyl (C=O) groups is 2. The van der Waals surface area contributed by atoms with Crippen LogP contribution in [0.2, 0.25) is 0 Å². The van der Waals surface area contributed by atoms with Crippen molar-refractivity contribution in [3.63, 3.8) is 0 Å². The number of pyridine rings is 1. The van der Waals surface area contributed by atoms with Crippen molar-refractivity contribution < 1.29 is 14.3 Å². The minimum absolute atomic E-state index is 0.0150. The van der Waals surface area contributed by atoms with Crippen LogP contribution in [0.3, 0.4) is 0 Å². The maximum Gasteiger partial charge on any atom is 0.270 e. The Hall–Kier alpha value is -3.68. The second-order valence-electron chi connectivity index (χ2n) is 6.52. The van der Waals surface area contributed by atoms with Crippen LogP contribution >= 0.6 is 0 Å². The van der Waals surface area contributed by atoms with E-state index in [0.29, 0.717) is 23.8 Å². The standard InChI is InChI=1S/C21H23N5O3/c1-4-5-6-8-14(2)11-18-23-12-15(24-18)20(27)25-16-13-29-17-9-7-10-22-19(17)26(3)21(16)28/h4-10,12,16H,2,11,13H2,1,3H3,(H,23,24)(H,25,27)/b5-4-,8-6-/t16-/m0/s1. The molecule has 3 rings (SSSR count). The first kappa shape index (κ1) is 20.1. The lowest BCUT2D eigenvalue weighted by Crippen LogP contribution is -2.49. The number of hydrogen-bond acceptors (Lipinski definition) is 5. The average molecular weight is 393 g/mol. The van der Waals surface area contributed by atoms with E-state index >= 15 is 0 Å². The Bertz CT molecular complexity index is 976. The van der Waals surface area contributed by atoms with Crippen molar-refractivity contribution in [2.24, 2.45) is 0 Å². The molecule has 8 nitrogen and oxygen atoms in total. The topological polar surface area (TPSA) is 100 Å². The van der Waals surface area contributed by atoms with E-state index in [9.17, 15) is 9.59 Å². The van der Waals surface area contributed by atoms with Crippen molar-refractivity contribution >= 4 is 17.6 Å². The molecule has 2 amide bonds. The first-order chi connectivity index (χ1) is 14.0. The number of hydrogen-bond donors (Lipinski definition) is 2. The van der Waals surface area contributed by atoms with Gasteiger partial charge in [0.15, 0.2) is 11.6 Å². The van der Waals surface area contributed by atoms with Gasteiger partial charge in [-0.25, -0.2) is 9.97 Å². The van der Waals surface area contributed by atoms with Gasteiger partial charge in [-0.15, -0.1) is 0 Å². The highest BCUT2D eigenvalue weighted by molar-refractivity contribution is 6.02. The second-order valence-corrected chi connectivity index (χ2v) is 6.52. The Morgan fingerprint density at radius 1 is 1.45 bits per heavy atom. The summed E-state index contributed by atoms with van der Waals surface area (Å²) in [4.78, 5) is 38.0. The Labute approximate surface area is 169 Å². The fourth-order valence-electron chi connectivity index (χ4n) is 2.81. The van der Waals surface area contributed by atoms with Crippen LogP contribution in [0.4, 0.5) is 5.82 Å². The molecule has 0 saturated carbocycles. The lowest BCUT2D eigenvalue weighted by molar-refractivity contribution is -0.120. The Morgan fingerprint density at radius 3 is 3.07 bits per heavy atom. The number of anilines is 1. The van der Waals surface area contributed by atoms with Gasteiger partial charge in [-0.2, -0.15) is 0 Å². The van der Waals surface area contributed by atoms with Crippen molar-refractivity contribution in [1.29, 1.82) is 0 Å². The molecule has 0 fully saturated rings. The largest absolute Gasteiger partial charge is 0.487 e. The van der Waals surface area contributed by atoms with Gasteiger partial charge in [0, 0.05) is 19.7 Å². The normalized spacial score (nSPS) is 16.6. The van der Waals surface area contributed by atoms with Crippen molar-refractivity contribution in [1.82, 2.24) is 20.3 Å². The molecule has 2 aromatic rings. The Morgan fingerprint density at radius 2 is 2.28 bits per heavy atom. The highest BCUT2D eigenvalue weighted by Gasteiger charge is 2.31. The number of aromatic nitrogens is 3. The number of aromatic amines is 1. The van der Waals surface area contributed by atoms with Crippen LogP contribution in [0.5, 0.6) is 5.75 Å². The molecular weight excluding hydrogens is 370 g/mol. The van der Waals surface area contributed by atoms with Crippen LogP contribution in [0.1, 0.15) is 23.2 Å². The summed E-state index contributed by atoms with van der Waals surface area (Å²) in [6.45, 7) is 5.91. The number of rotatable bonds is 6. The summed E-state index contributed by atoms with van der Waals surface area (Å²) in [5.74, 6) is 0.782. The van der Waals surface area contributed by atoms with Crippen LogP contribution in [-0.4, -0.2) is 46.5 Å². The number of likely N-dealkylation sites (N-methyl/N-ethyl adjacent to an activating group) is 1. The van der Waals surface area contributed by atoms with E-state index in [1.165, 1.54) is 11.1 Å². The lowest BCUT2D eigenvalue weighted by Gasteiger charge is -2.19. The van der Waals surface area contributed by atoms with Gasteiger partial charge in [0.25, 0.3) is 11.8 Å². The number of carbonyl (C=O) groups excluding carboxylic acids is 2. The van der Waals surface area contributed by atoms with E-state index in [4.69, 9.17) is 4.74 Å². The van der Waals surface area contributed by atoms with Crippen LogP contribution < -0.4 is 15.0 Å². The van der Waals surface area contributed by atoms with Gasteiger partial charge in [-0.3, -0.25) is 14.5 Å². The summed E-state index contributed by atoms with van der Waals surface area (Å²) in [5.41, 5.74) is 1.12. The number of fused-ring (bicyclic) bond motifs is 1. The predicted molar refractivity (Wildman–Crippen MR) is 110 cm³/mol. The number of nitrogens with one attached hydrogen (secondary N) is 2. The summed E-state index contributed by atoms with van der Waals surface area (Å²) < 4.78 is 5.65. The smallest absolute Gasteiger partial charge is 0.270 e. The van der Waals surface area contributed by atoms with Crippen molar-refractivity contribution in [3.05, 3.63) is 72.5 Å². The zero-order valence-electron chi connectivity index (χ0n) is 16.4. The number of amides is 2. The molecule has 0 spiro atoms. The third-order valence-corrected chi connectivity index (χ3v) is 4.31. The van der Waals surface area contributed by atoms with Crippen LogP contribution in [0.15, 0.2) is 61.0 Å². The molecule has 0 aliphatic carbocycles. The van der Waals surface area contributed by atoms with Gasteiger partial charge >= 0.3 is 0 Å². The Kier molecular flexibility index (Phi) is 6.23. The number of allylic oxidation sites excluding steroid dienone is 5. The third kappa shape index (κ3) is 4.78. The van der Waals surface area contributed by atoms with E-state index in [1.807, 2.05) is 31.2 Å². The predicted octanol–water partition coefficient (Wildman–Crippen LogP) is 2.19. The summed E-state index contributed by atoms with van der Waals surface area (Å²) in [5, 5.41) is 2.70. The van der Waals surface area contributed by atoms with Crippen LogP contribution in [-0.2, 0) is 11.2 Å². The van der Waals surface area contributed by atoms with E-state index in [0.717, 1.165) is 5.57 Å². The molecule has 150 valence electrons. The van der Waals surface area contributed by atoms with Gasteiger partial charge in [0.05, 0.1) is 6.20 Å². The lowest BCUT2D eigenvalue weighted by atomic mass is 10.2. The zero-order chi connectivity index (χ0) is 20.8. The molecule has 29 heavy (non-hydrogen) atoms. The SMILES string of the molecule is C=C(/C=C\C=C/C)Cc1ncc(C(=O)N[C@H]2COc3cccnc3N(C)C2=O)[nH]1. The van der Waals surface area contributed by atoms with Gasteiger partial charge in [-0.1, -0.05) is 30.9 Å². The fourth-order valence-corrected chi connectivity index (χ4v) is 2.81. The van der Waals surface area contributed by atoms with Gasteiger partial charge < -0.3 is 15.0 Å². The Balaban J connectivity index is 1.64. The number of ether oxygens (including phenoxy) is 1. The quantitative estimate of drug-likeness (QED) is 0.733. The van der Waals surface area contributed by atoms with E-state index in [1.54, 1.807) is 25.4 Å². The first-order valence-corrected chi connectivity index (χ1v) is 9.17. The molecule has 1 aliphatic heterocycles. The molecule has 1 atom stereocenters. The summed E-state index contributed by atoms with van der Waals surface area (Å²) >= 11 is 0. The highest BCUT2D eigenvalue weighted by atomic mass is 16.5. The van der Waals surface area contributed by atoms with Crippen LogP contribution in [0, 0.1) is 0 Å². The monoisotopic (exact) mass is 393 g/mol. The maximum absolute atomic E-state index is 12.7. The minimum Gasteiger partial charge on any atom is -0.487 e. The summed E-state index contributed by atoms with van der Waals surface area (Å²) in [7, 11) is 1.60. The zero-order valence-corrected chi connectivity index (χ0v) is 16.4.